The van der Waals surface area contributed by atoms with Crippen molar-refractivity contribution in [3.05, 3.63) is 24.3 Å². The first-order valence-corrected chi connectivity index (χ1v) is 7.49. The predicted octanol–water partition coefficient (Wildman–Crippen LogP) is 0.444. The van der Waals surface area contributed by atoms with Gasteiger partial charge in [-0.15, -0.1) is 0 Å². The van der Waals surface area contributed by atoms with Gasteiger partial charge in [0.1, 0.15) is 12.4 Å². The van der Waals surface area contributed by atoms with Gasteiger partial charge in [0.2, 0.25) is 10.0 Å². The van der Waals surface area contributed by atoms with Crippen LogP contribution in [0.3, 0.4) is 0 Å². The number of hydrogen-bond acceptors (Lipinski definition) is 5. The Bertz CT molecular complexity index is 615. The smallest absolute Gasteiger partial charge is 0.336 e. The van der Waals surface area contributed by atoms with E-state index in [0.29, 0.717) is 0 Å². The second-order valence-electron chi connectivity index (χ2n) is 4.58. The first-order valence-electron chi connectivity index (χ1n) is 6.01. The highest BCUT2D eigenvalue weighted by atomic mass is 32.2. The molecule has 7 nitrogen and oxygen atoms in total. The van der Waals surface area contributed by atoms with E-state index < -0.39 is 41.2 Å². The zero-order chi connectivity index (χ0) is 17.0. The molecule has 3 N–H and O–H groups in total. The minimum absolute atomic E-state index is 0.0665. The van der Waals surface area contributed by atoms with E-state index in [9.17, 15) is 27.1 Å². The maximum atomic E-state index is 12.0. The molecule has 1 atom stereocenters. The highest BCUT2D eigenvalue weighted by Gasteiger charge is 2.31. The number of alkyl halides is 2. The number of carboxylic acids is 1. The lowest BCUT2D eigenvalue weighted by molar-refractivity contribution is -0.155. The topological polar surface area (TPSA) is 113 Å². The van der Waals surface area contributed by atoms with Crippen molar-refractivity contribution in [2.45, 2.75) is 23.8 Å². The molecule has 0 amide bonds. The van der Waals surface area contributed by atoms with Gasteiger partial charge in [-0.25, -0.2) is 26.7 Å². The molecule has 1 rings (SSSR count). The van der Waals surface area contributed by atoms with Crippen molar-refractivity contribution in [3.8, 4) is 5.75 Å². The van der Waals surface area contributed by atoms with Gasteiger partial charge in [-0.3, -0.25) is 0 Å². The van der Waals surface area contributed by atoms with E-state index in [1.807, 2.05) is 4.72 Å². The van der Waals surface area contributed by atoms with Crippen LogP contribution in [0.15, 0.2) is 29.2 Å². The Balaban J connectivity index is 2.75. The molecule has 1 aromatic carbocycles. The summed E-state index contributed by atoms with van der Waals surface area (Å²) in [4.78, 5) is 10.5. The number of nitrogens with one attached hydrogen (secondary N) is 1. The maximum absolute atomic E-state index is 12.0. The standard InChI is InChI=1S/C12H15F2NO6S/c1-12(18,11(16)17)7-15-22(19,20)9-4-2-8(3-5-9)21-6-10(13)14/h2-5,10,15,18H,6-7H2,1H3,(H,16,17). The normalized spacial score (nSPS) is 14.6. The Labute approximate surface area is 125 Å². The Morgan fingerprint density at radius 2 is 1.91 bits per heavy atom. The summed E-state index contributed by atoms with van der Waals surface area (Å²) in [5, 5.41) is 18.1. The van der Waals surface area contributed by atoms with Crippen molar-refractivity contribution < 1.29 is 36.9 Å². The largest absolute Gasteiger partial charge is 0.488 e. The molecule has 0 radical (unpaired) electrons. The van der Waals surface area contributed by atoms with Gasteiger partial charge in [0.25, 0.3) is 6.43 Å². The van der Waals surface area contributed by atoms with Crippen LogP contribution >= 0.6 is 0 Å². The van der Waals surface area contributed by atoms with E-state index in [0.717, 1.165) is 19.1 Å². The summed E-state index contributed by atoms with van der Waals surface area (Å²) in [7, 11) is -4.05. The fourth-order valence-electron chi connectivity index (χ4n) is 1.27. The molecule has 0 saturated carbocycles. The molecule has 22 heavy (non-hydrogen) atoms. The van der Waals surface area contributed by atoms with Crippen LogP contribution in [-0.2, 0) is 14.8 Å². The van der Waals surface area contributed by atoms with Crippen LogP contribution in [0.4, 0.5) is 8.78 Å². The molecule has 0 aliphatic carbocycles. The highest BCUT2D eigenvalue weighted by Crippen LogP contribution is 2.17. The molecule has 0 saturated heterocycles. The van der Waals surface area contributed by atoms with Crippen molar-refractivity contribution in [1.29, 1.82) is 0 Å². The van der Waals surface area contributed by atoms with Crippen molar-refractivity contribution in [1.82, 2.24) is 4.72 Å². The van der Waals surface area contributed by atoms with Crippen LogP contribution in [0.5, 0.6) is 5.75 Å². The molecule has 124 valence electrons. The van der Waals surface area contributed by atoms with Gasteiger partial charge in [0.05, 0.1) is 11.4 Å². The van der Waals surface area contributed by atoms with Crippen LogP contribution in [0.2, 0.25) is 0 Å². The quantitative estimate of drug-likeness (QED) is 0.634. The molecule has 0 spiro atoms. The zero-order valence-electron chi connectivity index (χ0n) is 11.5. The molecule has 1 aromatic rings. The van der Waals surface area contributed by atoms with Crippen molar-refractivity contribution in [3.63, 3.8) is 0 Å². The summed E-state index contributed by atoms with van der Waals surface area (Å²) >= 11 is 0. The molecular formula is C12H15F2NO6S. The molecule has 0 aliphatic rings. The van der Waals surface area contributed by atoms with Crippen LogP contribution in [0, 0.1) is 0 Å². The Hall–Kier alpha value is -1.78. The van der Waals surface area contributed by atoms with Crippen molar-refractivity contribution >= 4 is 16.0 Å². The summed E-state index contributed by atoms with van der Waals surface area (Å²) in [6.07, 6.45) is -2.65. The molecule has 0 heterocycles. The minimum atomic E-state index is -4.05. The minimum Gasteiger partial charge on any atom is -0.488 e. The predicted molar refractivity (Wildman–Crippen MR) is 71.4 cm³/mol. The summed E-state index contributed by atoms with van der Waals surface area (Å²) in [6, 6.07) is 4.59. The molecule has 1 unspecified atom stereocenters. The summed E-state index contributed by atoms with van der Waals surface area (Å²) in [5.74, 6) is -1.51. The number of rotatable bonds is 8. The summed E-state index contributed by atoms with van der Waals surface area (Å²) in [6.45, 7) is -0.598. The summed E-state index contributed by atoms with van der Waals surface area (Å²) in [5.41, 5.74) is -2.26. The lowest BCUT2D eigenvalue weighted by Crippen LogP contribution is -2.46. The lowest BCUT2D eigenvalue weighted by Gasteiger charge is -2.18. The number of aliphatic hydroxyl groups is 1. The van der Waals surface area contributed by atoms with Crippen LogP contribution in [0.1, 0.15) is 6.92 Å². The number of carbonyl (C=O) groups is 1. The van der Waals surface area contributed by atoms with Gasteiger partial charge in [0, 0.05) is 0 Å². The third-order valence-corrected chi connectivity index (χ3v) is 3.99. The van der Waals surface area contributed by atoms with Crippen LogP contribution in [-0.4, -0.2) is 49.8 Å². The number of carboxylic acid groups (broad SMARTS) is 1. The Morgan fingerprint density at radius 3 is 2.36 bits per heavy atom. The summed E-state index contributed by atoms with van der Waals surface area (Å²) < 4.78 is 54.4. The molecule has 0 aliphatic heterocycles. The van der Waals surface area contributed by atoms with Gasteiger partial charge in [-0.2, -0.15) is 0 Å². The highest BCUT2D eigenvalue weighted by molar-refractivity contribution is 7.89. The average Bonchev–Trinajstić information content (AvgIpc) is 2.43. The first kappa shape index (κ1) is 18.3. The van der Waals surface area contributed by atoms with Crippen molar-refractivity contribution in [2.24, 2.45) is 0 Å². The Kier molecular flexibility index (Phi) is 5.80. The number of ether oxygens (including phenoxy) is 1. The van der Waals surface area contributed by atoms with Crippen LogP contribution < -0.4 is 9.46 Å². The van der Waals surface area contributed by atoms with Crippen LogP contribution in [0.25, 0.3) is 0 Å². The number of benzene rings is 1. The van der Waals surface area contributed by atoms with E-state index in [1.165, 1.54) is 12.1 Å². The van der Waals surface area contributed by atoms with Gasteiger partial charge in [-0.1, -0.05) is 0 Å². The van der Waals surface area contributed by atoms with Crippen molar-refractivity contribution in [2.75, 3.05) is 13.2 Å². The molecular weight excluding hydrogens is 324 g/mol. The monoisotopic (exact) mass is 339 g/mol. The number of aliphatic carboxylic acids is 1. The van der Waals surface area contributed by atoms with E-state index in [1.54, 1.807) is 0 Å². The second-order valence-corrected chi connectivity index (χ2v) is 6.34. The zero-order valence-corrected chi connectivity index (χ0v) is 12.3. The molecule has 0 fully saturated rings. The fourth-order valence-corrected chi connectivity index (χ4v) is 2.40. The number of hydrogen-bond donors (Lipinski definition) is 3. The SMILES string of the molecule is CC(O)(CNS(=O)(=O)c1ccc(OCC(F)F)cc1)C(=O)O. The van der Waals surface area contributed by atoms with E-state index >= 15 is 0 Å². The lowest BCUT2D eigenvalue weighted by atomic mass is 10.1. The van der Waals surface area contributed by atoms with Gasteiger partial charge < -0.3 is 14.9 Å². The number of sulfonamides is 1. The van der Waals surface area contributed by atoms with E-state index in [4.69, 9.17) is 9.84 Å². The molecule has 0 bridgehead atoms. The van der Waals surface area contributed by atoms with E-state index in [-0.39, 0.29) is 10.6 Å². The van der Waals surface area contributed by atoms with Gasteiger partial charge in [-0.05, 0) is 31.2 Å². The molecule has 0 aromatic heterocycles. The second kappa shape index (κ2) is 6.99. The fraction of sp³-hybridized carbons (Fsp3) is 0.417. The third-order valence-electron chi connectivity index (χ3n) is 2.58. The van der Waals surface area contributed by atoms with E-state index in [2.05, 4.69) is 0 Å². The molecule has 10 heteroatoms. The maximum Gasteiger partial charge on any atom is 0.336 e. The Morgan fingerprint density at radius 1 is 1.36 bits per heavy atom. The first-order chi connectivity index (χ1) is 10.0. The number of halogens is 2. The van der Waals surface area contributed by atoms with Gasteiger partial charge >= 0.3 is 5.97 Å². The average molecular weight is 339 g/mol. The third kappa shape index (κ3) is 5.20. The van der Waals surface area contributed by atoms with Gasteiger partial charge in [0.15, 0.2) is 5.60 Å².